The number of hydrogen-bond acceptors (Lipinski definition) is 9. The van der Waals surface area contributed by atoms with Crippen molar-refractivity contribution in [1.29, 1.82) is 0 Å². The molecule has 0 saturated carbocycles. The van der Waals surface area contributed by atoms with E-state index >= 15 is 0 Å². The van der Waals surface area contributed by atoms with Crippen molar-refractivity contribution in [2.75, 3.05) is 14.2 Å². The molecule has 283 valence electrons. The van der Waals surface area contributed by atoms with Crippen molar-refractivity contribution in [3.8, 4) is 0 Å². The van der Waals surface area contributed by atoms with E-state index in [4.69, 9.17) is 42.0 Å². The predicted molar refractivity (Wildman–Crippen MR) is 214 cm³/mol. The van der Waals surface area contributed by atoms with Crippen LogP contribution in [0.2, 0.25) is 0 Å². The van der Waals surface area contributed by atoms with E-state index in [-0.39, 0.29) is 47.5 Å². The molecule has 3 aromatic heterocycles. The molecule has 0 atom stereocenters. The number of rotatable bonds is 9. The summed E-state index contributed by atoms with van der Waals surface area (Å²) < 4.78 is 9.86. The molecule has 4 aromatic rings. The second kappa shape index (κ2) is 18.1. The first-order valence-electron chi connectivity index (χ1n) is 17.2. The van der Waals surface area contributed by atoms with Crippen molar-refractivity contribution >= 4 is 80.7 Å². The Morgan fingerprint density at radius 2 is 1.29 bits per heavy atom. The molecule has 0 aliphatic carbocycles. The summed E-state index contributed by atoms with van der Waals surface area (Å²) in [6.45, 7) is 16.2. The first-order valence-corrected chi connectivity index (χ1v) is 17.6. The van der Waals surface area contributed by atoms with Gasteiger partial charge in [0.05, 0.1) is 41.9 Å². The largest absolute Gasteiger partial charge is 3.00 e. The van der Waals surface area contributed by atoms with Gasteiger partial charge in [-0.15, -0.1) is 22.1 Å². The molecule has 11 nitrogen and oxygen atoms in total. The summed E-state index contributed by atoms with van der Waals surface area (Å²) in [5.74, 6) is -0.589. The molecule has 0 amide bonds. The van der Waals surface area contributed by atoms with Crippen molar-refractivity contribution in [3.05, 3.63) is 123 Å². The number of carbonyl (C=O) groups excluding carboxylic acids is 2. The van der Waals surface area contributed by atoms with E-state index in [2.05, 4.69) is 13.2 Å². The van der Waals surface area contributed by atoms with Crippen molar-refractivity contribution in [2.45, 2.75) is 58.3 Å². The molecule has 0 spiro atoms. The number of esters is 2. The minimum Gasteiger partial charge on any atom is -0.780 e. The van der Waals surface area contributed by atoms with Crippen LogP contribution in [-0.4, -0.2) is 41.0 Å². The fourth-order valence-corrected chi connectivity index (χ4v) is 6.51. The van der Waals surface area contributed by atoms with Gasteiger partial charge in [-0.25, -0.2) is 9.97 Å². The van der Waals surface area contributed by atoms with Crippen LogP contribution in [0.3, 0.4) is 0 Å². The molecule has 2 aliphatic heterocycles. The number of nitro benzene ring substituents is 1. The maximum Gasteiger partial charge on any atom is 3.00 e. The Kier molecular flexibility index (Phi) is 13.9. The molecule has 0 unspecified atom stereocenters. The number of carbonyl (C=O) groups is 2. The van der Waals surface area contributed by atoms with E-state index in [0.717, 1.165) is 78.2 Å². The summed E-state index contributed by atoms with van der Waals surface area (Å²) in [4.78, 5) is 54.6. The molecule has 1 aromatic carbocycles. The number of ether oxygens (including phenoxy) is 2. The number of hydrogen-bond donors (Lipinski definition) is 0. The zero-order valence-corrected chi connectivity index (χ0v) is 33.4. The Morgan fingerprint density at radius 1 is 0.764 bits per heavy atom. The Hall–Kier alpha value is -5.62. The van der Waals surface area contributed by atoms with Gasteiger partial charge in [0.1, 0.15) is 0 Å². The number of non-ortho nitro benzene ring substituents is 1. The van der Waals surface area contributed by atoms with Gasteiger partial charge in [0, 0.05) is 30.5 Å². The maximum absolute atomic E-state index is 12.1. The van der Waals surface area contributed by atoms with Crippen LogP contribution in [0.15, 0.2) is 72.7 Å². The van der Waals surface area contributed by atoms with E-state index in [0.29, 0.717) is 28.9 Å². The fraction of sp³-hybridized carbons (Fsp3) is 0.238. The Bertz CT molecular complexity index is 2420. The molecule has 2 aliphatic rings. The summed E-state index contributed by atoms with van der Waals surface area (Å²) in [6.07, 6.45) is 4.96. The van der Waals surface area contributed by atoms with Crippen molar-refractivity contribution in [1.82, 2.24) is 19.9 Å². The van der Waals surface area contributed by atoms with Gasteiger partial charge in [-0.2, -0.15) is 4.90 Å². The zero-order chi connectivity index (χ0) is 39.3. The van der Waals surface area contributed by atoms with Crippen molar-refractivity contribution in [3.63, 3.8) is 0 Å². The molecule has 8 bridgehead atoms. The van der Waals surface area contributed by atoms with Gasteiger partial charge in [-0.05, 0) is 62.8 Å². The number of methoxy groups -OCH3 is 2. The monoisotopic (exact) mass is 798 g/mol. The van der Waals surface area contributed by atoms with E-state index in [9.17, 15) is 19.7 Å². The molecule has 0 N–H and O–H groups in total. The minimum atomic E-state index is -0.450. The van der Waals surface area contributed by atoms with Gasteiger partial charge in [0.15, 0.2) is 0 Å². The zero-order valence-electron chi connectivity index (χ0n) is 31.5. The molecule has 5 heterocycles. The standard InChI is InChI=1S/C36H36N4O4.C6H5NO2S.Fe/c1-9-23-19(3)27-15-28-21(5)25(11-13-35(41)43-7)33(39-28)18-34-26(12-14-36(42)44-8)22(6)30(40-34)17-32-24(10-2)20(4)29(38-32)16-31(23)37-27;8-7(9)5-1-3-6(10)4-2-5;/h9-10,15-18H,1-2,11-14H2,3-8H3;1-4,10H;/q-2;;+3/p-1. The van der Waals surface area contributed by atoms with Gasteiger partial charge >= 0.3 is 29.0 Å². The Labute approximate surface area is 335 Å². The smallest absolute Gasteiger partial charge is 0.780 e. The van der Waals surface area contributed by atoms with E-state index in [1.165, 1.54) is 38.5 Å². The number of aryl methyl sites for hydroxylation is 3. The van der Waals surface area contributed by atoms with Gasteiger partial charge in [-0.3, -0.25) is 19.7 Å². The first kappa shape index (κ1) is 42.1. The number of fused-ring (bicyclic) bond motifs is 8. The molecule has 1 radical (unpaired) electrons. The quantitative estimate of drug-likeness (QED) is 0.0528. The SMILES string of the molecule is C=CC1=C(C)c2cc3[n-]c(cc4nc(cc5[n-]c(cc1n2)c(C)c5C=C)C(C)=C4CCC(=O)OC)c(CCC(=O)OC)c3C.O=[N+]([O-])c1ccc([S-])cc1.[Fe+3]. The summed E-state index contributed by atoms with van der Waals surface area (Å²) >= 11 is 4.74. The Balaban J connectivity index is 0.000000532. The maximum atomic E-state index is 12.1. The predicted octanol–water partition coefficient (Wildman–Crippen LogP) is 8.44. The topological polar surface area (TPSA) is 150 Å². The summed E-state index contributed by atoms with van der Waals surface area (Å²) in [5.41, 5.74) is 13.7. The van der Waals surface area contributed by atoms with Crippen LogP contribution in [0.4, 0.5) is 5.69 Å². The number of aromatic nitrogens is 4. The second-order valence-electron chi connectivity index (χ2n) is 12.7. The van der Waals surface area contributed by atoms with E-state index < -0.39 is 4.92 Å². The average Bonchev–Trinajstić information content (AvgIpc) is 3.82. The first-order chi connectivity index (χ1) is 25.8. The third kappa shape index (κ3) is 9.20. The second-order valence-corrected chi connectivity index (χ2v) is 13.2. The van der Waals surface area contributed by atoms with Crippen LogP contribution in [0.1, 0.15) is 78.1 Å². The fourth-order valence-electron chi connectivity index (χ4n) is 6.37. The van der Waals surface area contributed by atoms with Crippen LogP contribution < -0.4 is 9.97 Å². The normalized spacial score (nSPS) is 12.0. The minimum absolute atomic E-state index is 0. The summed E-state index contributed by atoms with van der Waals surface area (Å²) in [6, 6.07) is 13.7. The van der Waals surface area contributed by atoms with Crippen LogP contribution in [0, 0.1) is 24.0 Å². The molecule has 0 saturated heterocycles. The Morgan fingerprint density at radius 3 is 1.89 bits per heavy atom. The van der Waals surface area contributed by atoms with Gasteiger partial charge < -0.3 is 32.1 Å². The third-order valence-corrected chi connectivity index (χ3v) is 9.82. The molecule has 0 fully saturated rings. The molecule has 13 heteroatoms. The van der Waals surface area contributed by atoms with Crippen LogP contribution in [0.5, 0.6) is 0 Å². The molecule has 55 heavy (non-hydrogen) atoms. The van der Waals surface area contributed by atoms with Gasteiger partial charge in [0.2, 0.25) is 0 Å². The summed E-state index contributed by atoms with van der Waals surface area (Å²) in [7, 11) is 2.78. The van der Waals surface area contributed by atoms with Crippen LogP contribution in [0.25, 0.3) is 50.4 Å². The number of allylic oxidation sites excluding steroid dienone is 5. The molecular weight excluding hydrogens is 758 g/mol. The van der Waals surface area contributed by atoms with Gasteiger partial charge in [0.25, 0.3) is 5.69 Å². The van der Waals surface area contributed by atoms with Crippen LogP contribution >= 0.6 is 0 Å². The summed E-state index contributed by atoms with van der Waals surface area (Å²) in [5, 5.41) is 10.1. The van der Waals surface area contributed by atoms with Crippen LogP contribution in [-0.2, 0) is 55.2 Å². The molecular formula is C42H40FeN5O6S. The third-order valence-electron chi connectivity index (χ3n) is 9.55. The van der Waals surface area contributed by atoms with E-state index in [1.807, 2.05) is 64.1 Å². The van der Waals surface area contributed by atoms with Crippen molar-refractivity contribution < 1.29 is 41.1 Å². The van der Waals surface area contributed by atoms with Gasteiger partial charge in [-0.1, -0.05) is 78.4 Å². The average molecular weight is 799 g/mol. The molecule has 6 rings (SSSR count). The van der Waals surface area contributed by atoms with Crippen molar-refractivity contribution in [2.24, 2.45) is 0 Å². The number of benzene rings is 1. The number of nitrogens with zero attached hydrogens (tertiary/aromatic N) is 5. The van der Waals surface area contributed by atoms with E-state index in [1.54, 1.807) is 0 Å². The number of nitro groups is 1.